The first-order chi connectivity index (χ1) is 28.5. The van der Waals surface area contributed by atoms with E-state index < -0.39 is 30.2 Å². The Morgan fingerprint density at radius 1 is 0.864 bits per heavy atom. The summed E-state index contributed by atoms with van der Waals surface area (Å²) in [5, 5.41) is 15.3. The molecule has 6 atom stereocenters. The Morgan fingerprint density at radius 2 is 1.47 bits per heavy atom. The summed E-state index contributed by atoms with van der Waals surface area (Å²) in [6.07, 6.45) is 6.59. The molecule has 2 aliphatic heterocycles. The van der Waals surface area contributed by atoms with E-state index in [9.17, 15) is 24.4 Å². The highest BCUT2D eigenvalue weighted by Crippen LogP contribution is 2.40. The van der Waals surface area contributed by atoms with Gasteiger partial charge in [-0.05, 0) is 59.1 Å². The topological polar surface area (TPSA) is 200 Å². The van der Waals surface area contributed by atoms with Crippen LogP contribution in [0.15, 0.2) is 73.2 Å². The number of imidazole rings is 2. The number of carbonyl (C=O) groups excluding carboxylic acids is 4. The number of nitriles is 1. The quantitative estimate of drug-likeness (QED) is 0.133. The summed E-state index contributed by atoms with van der Waals surface area (Å²) in [5.41, 5.74) is 7.72. The fraction of sp³-hybridized carbons (Fsp3) is 0.386. The molecule has 304 valence electrons. The minimum Gasteiger partial charge on any atom is -0.453 e. The molecule has 1 unspecified atom stereocenters. The summed E-state index contributed by atoms with van der Waals surface area (Å²) in [7, 11) is 2.59. The number of hydrogen-bond acceptors (Lipinski definition) is 9. The Kier molecular flexibility index (Phi) is 10.8. The molecule has 1 aliphatic carbocycles. The van der Waals surface area contributed by atoms with E-state index in [4.69, 9.17) is 14.5 Å². The van der Waals surface area contributed by atoms with E-state index in [0.717, 1.165) is 57.1 Å². The SMILES string of the molecule is COC(=O)N[C@H]1CCc2ccn3c2C1C(=O)C[C@H](c1ncc(-c2ccc(-c4ccc(-c5cnc([C@@H]6C[C@@H](C#N)CN6C(=O)[C@@H](NC(=O)OC)C(C)C)[nH]5)cc4)cc2)[nH]1)C3. The molecule has 3 amide bonds. The number of nitrogens with one attached hydrogen (secondary N) is 4. The highest BCUT2D eigenvalue weighted by Gasteiger charge is 2.43. The Morgan fingerprint density at radius 3 is 2.08 bits per heavy atom. The number of amides is 3. The van der Waals surface area contributed by atoms with E-state index in [1.165, 1.54) is 14.2 Å². The van der Waals surface area contributed by atoms with Crippen molar-refractivity contribution in [1.82, 2.24) is 40.0 Å². The van der Waals surface area contributed by atoms with E-state index in [-0.39, 0.29) is 42.0 Å². The van der Waals surface area contributed by atoms with E-state index in [1.807, 2.05) is 62.6 Å². The summed E-state index contributed by atoms with van der Waals surface area (Å²) in [4.78, 5) is 69.5. The maximum Gasteiger partial charge on any atom is 0.407 e. The monoisotopic (exact) mass is 797 g/mol. The predicted octanol–water partition coefficient (Wildman–Crippen LogP) is 6.24. The molecule has 0 radical (unpaired) electrons. The third kappa shape index (κ3) is 7.70. The van der Waals surface area contributed by atoms with Crippen LogP contribution >= 0.6 is 0 Å². The normalized spacial score (nSPS) is 21.6. The third-order valence-corrected chi connectivity index (χ3v) is 12.0. The van der Waals surface area contributed by atoms with Crippen LogP contribution in [-0.4, -0.2) is 86.1 Å². The lowest BCUT2D eigenvalue weighted by Crippen LogP contribution is -2.51. The Bertz CT molecular complexity index is 2410. The largest absolute Gasteiger partial charge is 0.453 e. The Hall–Kier alpha value is -6.69. The molecular formula is C44H47N9O6. The van der Waals surface area contributed by atoms with Gasteiger partial charge in [0.1, 0.15) is 23.5 Å². The number of methoxy groups -OCH3 is 2. The maximum atomic E-state index is 13.8. The zero-order valence-corrected chi connectivity index (χ0v) is 33.4. The van der Waals surface area contributed by atoms with Gasteiger partial charge < -0.3 is 39.5 Å². The zero-order valence-electron chi connectivity index (χ0n) is 33.4. The van der Waals surface area contributed by atoms with Crippen LogP contribution in [-0.2, 0) is 32.0 Å². The van der Waals surface area contributed by atoms with Crippen molar-refractivity contribution in [3.05, 3.63) is 96.1 Å². The molecule has 1 saturated heterocycles. The highest BCUT2D eigenvalue weighted by atomic mass is 16.5. The molecule has 5 aromatic rings. The van der Waals surface area contributed by atoms with Crippen molar-refractivity contribution in [2.45, 2.75) is 76.0 Å². The first-order valence-corrected chi connectivity index (χ1v) is 20.0. The number of ether oxygens (including phenoxy) is 2. The molecule has 15 heteroatoms. The minimum atomic E-state index is -0.808. The molecule has 4 N–H and O–H groups in total. The average Bonchev–Trinajstić information content (AvgIpc) is 4.08. The number of alkyl carbamates (subject to hydrolysis) is 2. The number of ketones is 1. The van der Waals surface area contributed by atoms with Crippen LogP contribution in [0.1, 0.15) is 73.9 Å². The summed E-state index contributed by atoms with van der Waals surface area (Å²) in [6, 6.07) is 19.1. The van der Waals surface area contributed by atoms with E-state index in [0.29, 0.717) is 31.6 Å². The number of aromatic nitrogens is 5. The second kappa shape index (κ2) is 16.3. The second-order valence-corrected chi connectivity index (χ2v) is 15.9. The number of Topliss-reactive ketones (excluding diaryl/α,β-unsaturated/α-hetero) is 1. The molecule has 0 saturated carbocycles. The van der Waals surface area contributed by atoms with Crippen molar-refractivity contribution in [2.24, 2.45) is 11.8 Å². The average molecular weight is 798 g/mol. The summed E-state index contributed by atoms with van der Waals surface area (Å²) in [5.74, 6) is 0.000998. The van der Waals surface area contributed by atoms with Gasteiger partial charge in [0, 0.05) is 43.4 Å². The number of benzene rings is 2. The molecule has 8 rings (SSSR count). The smallest absolute Gasteiger partial charge is 0.407 e. The third-order valence-electron chi connectivity index (χ3n) is 12.0. The van der Waals surface area contributed by atoms with E-state index in [2.05, 4.69) is 54.4 Å². The van der Waals surface area contributed by atoms with Crippen LogP contribution < -0.4 is 10.6 Å². The molecule has 2 aromatic carbocycles. The zero-order chi connectivity index (χ0) is 41.4. The lowest BCUT2D eigenvalue weighted by Gasteiger charge is -2.31. The van der Waals surface area contributed by atoms with Crippen molar-refractivity contribution in [2.75, 3.05) is 20.8 Å². The van der Waals surface area contributed by atoms with Crippen LogP contribution in [0, 0.1) is 23.2 Å². The fourth-order valence-corrected chi connectivity index (χ4v) is 8.88. The number of nitrogens with zero attached hydrogens (tertiary/aromatic N) is 5. The van der Waals surface area contributed by atoms with Crippen molar-refractivity contribution in [1.29, 1.82) is 5.26 Å². The van der Waals surface area contributed by atoms with Gasteiger partial charge in [-0.25, -0.2) is 19.6 Å². The van der Waals surface area contributed by atoms with Gasteiger partial charge in [0.2, 0.25) is 5.91 Å². The van der Waals surface area contributed by atoms with Crippen LogP contribution in [0.4, 0.5) is 9.59 Å². The van der Waals surface area contributed by atoms with Gasteiger partial charge in [-0.15, -0.1) is 0 Å². The van der Waals surface area contributed by atoms with Gasteiger partial charge in [-0.2, -0.15) is 5.26 Å². The number of carbonyl (C=O) groups is 4. The molecule has 3 aliphatic rings. The molecule has 5 heterocycles. The summed E-state index contributed by atoms with van der Waals surface area (Å²) in [6.45, 7) is 4.55. The molecule has 3 aromatic heterocycles. The van der Waals surface area contributed by atoms with Crippen LogP contribution in [0.2, 0.25) is 0 Å². The Balaban J connectivity index is 0.942. The lowest BCUT2D eigenvalue weighted by molar-refractivity contribution is -0.135. The number of rotatable bonds is 9. The first kappa shape index (κ1) is 39.2. The van der Waals surface area contributed by atoms with Gasteiger partial charge in [0.25, 0.3) is 0 Å². The lowest BCUT2D eigenvalue weighted by atomic mass is 9.79. The molecule has 15 nitrogen and oxygen atoms in total. The van der Waals surface area contributed by atoms with Gasteiger partial charge >= 0.3 is 12.2 Å². The van der Waals surface area contributed by atoms with Gasteiger partial charge in [-0.3, -0.25) is 9.59 Å². The van der Waals surface area contributed by atoms with Crippen LogP contribution in [0.5, 0.6) is 0 Å². The first-order valence-electron chi connectivity index (χ1n) is 20.0. The van der Waals surface area contributed by atoms with Gasteiger partial charge in [0.05, 0.1) is 61.9 Å². The number of likely N-dealkylation sites (tertiary alicyclic amines) is 1. The number of aromatic amines is 2. The fourth-order valence-electron chi connectivity index (χ4n) is 8.88. The number of aryl methyl sites for hydroxylation is 1. The standard InChI is InChI=1S/C44H47N9O6/c1-24(2)38(51-44(57)59-4)42(55)53-22-25(19-45)17-35(53)41-47-21-34(49-41)29-11-7-27(8-12-29)26-5-9-28(10-6-26)33-20-46-40(48-33)31-18-36(54)37-32(50-43(56)58-3)14-13-30-15-16-52(23-31)39(30)37/h5-12,15-16,20-21,24-25,31-32,35,37-38H,13-14,17-18,22-23H2,1-4H3,(H,46,48)(H,47,49)(H,50,56)(H,51,57)/t25-,31-,32-,35-,37?,38-/m0/s1. The van der Waals surface area contributed by atoms with Gasteiger partial charge in [-0.1, -0.05) is 62.4 Å². The van der Waals surface area contributed by atoms with Gasteiger partial charge in [0.15, 0.2) is 0 Å². The van der Waals surface area contributed by atoms with Crippen LogP contribution in [0.3, 0.4) is 0 Å². The molecule has 0 bridgehead atoms. The summed E-state index contributed by atoms with van der Waals surface area (Å²) < 4.78 is 11.8. The van der Waals surface area contributed by atoms with Crippen molar-refractivity contribution in [3.8, 4) is 39.7 Å². The number of H-pyrrole nitrogens is 2. The molecular weight excluding hydrogens is 751 g/mol. The second-order valence-electron chi connectivity index (χ2n) is 15.9. The summed E-state index contributed by atoms with van der Waals surface area (Å²) >= 11 is 0. The van der Waals surface area contributed by atoms with Crippen LogP contribution in [0.25, 0.3) is 33.6 Å². The number of hydrogen-bond donors (Lipinski definition) is 4. The highest BCUT2D eigenvalue weighted by molar-refractivity contribution is 5.89. The molecule has 1 fully saturated rings. The van der Waals surface area contributed by atoms with E-state index in [1.54, 1.807) is 11.1 Å². The molecule has 0 spiro atoms. The maximum absolute atomic E-state index is 13.8. The van der Waals surface area contributed by atoms with E-state index >= 15 is 0 Å². The minimum absolute atomic E-state index is 0.0865. The van der Waals surface area contributed by atoms with Crippen molar-refractivity contribution >= 4 is 23.9 Å². The van der Waals surface area contributed by atoms with Crippen molar-refractivity contribution < 1.29 is 28.7 Å². The Labute approximate surface area is 341 Å². The molecule has 59 heavy (non-hydrogen) atoms. The predicted molar refractivity (Wildman–Crippen MR) is 217 cm³/mol. The van der Waals surface area contributed by atoms with Crippen molar-refractivity contribution in [3.63, 3.8) is 0 Å².